The van der Waals surface area contributed by atoms with Gasteiger partial charge in [-0.25, -0.2) is 14.9 Å². The Morgan fingerprint density at radius 2 is 1.90 bits per heavy atom. The van der Waals surface area contributed by atoms with E-state index in [0.717, 1.165) is 16.9 Å². The topological polar surface area (TPSA) is 126 Å². The van der Waals surface area contributed by atoms with Crippen LogP contribution in [0.2, 0.25) is 0 Å². The van der Waals surface area contributed by atoms with Crippen LogP contribution in [0.4, 0.5) is 0 Å². The lowest BCUT2D eigenvalue weighted by Crippen LogP contribution is -2.35. The zero-order valence-electron chi connectivity index (χ0n) is 17.0. The number of hydrogen-bond acceptors (Lipinski definition) is 5. The minimum Gasteiger partial charge on any atom is -0.346 e. The number of imidazole rings is 1. The van der Waals surface area contributed by atoms with Crippen molar-refractivity contribution in [1.29, 1.82) is 0 Å². The molecule has 0 radical (unpaired) electrons. The molecule has 3 rings (SSSR count). The van der Waals surface area contributed by atoms with Crippen molar-refractivity contribution in [2.75, 3.05) is 0 Å². The van der Waals surface area contributed by atoms with Crippen molar-refractivity contribution in [1.82, 2.24) is 30.0 Å². The highest BCUT2D eigenvalue weighted by atomic mass is 16.2. The average molecular weight is 398 g/mol. The van der Waals surface area contributed by atoms with E-state index in [1.807, 2.05) is 38.1 Å². The van der Waals surface area contributed by atoms with Gasteiger partial charge in [-0.15, -0.1) is 0 Å². The summed E-state index contributed by atoms with van der Waals surface area (Å²) in [7, 11) is 0. The van der Waals surface area contributed by atoms with Crippen molar-refractivity contribution >= 4 is 16.9 Å². The predicted molar refractivity (Wildman–Crippen MR) is 110 cm³/mol. The predicted octanol–water partition coefficient (Wildman–Crippen LogP) is 1.83. The quantitative estimate of drug-likeness (QED) is 0.560. The first-order valence-electron chi connectivity index (χ1n) is 9.72. The summed E-state index contributed by atoms with van der Waals surface area (Å²) in [5, 5.41) is 8.94. The number of benzene rings is 1. The number of aromatic amines is 2. The Bertz CT molecular complexity index is 1120. The van der Waals surface area contributed by atoms with Crippen LogP contribution in [0.1, 0.15) is 57.7 Å². The molecule has 1 amide bonds. The van der Waals surface area contributed by atoms with Crippen LogP contribution >= 0.6 is 0 Å². The first-order valence-corrected chi connectivity index (χ1v) is 9.72. The molecule has 0 spiro atoms. The minimum atomic E-state index is -0.671. The van der Waals surface area contributed by atoms with Gasteiger partial charge in [0.25, 0.3) is 5.56 Å². The van der Waals surface area contributed by atoms with Gasteiger partial charge in [-0.3, -0.25) is 14.6 Å². The van der Waals surface area contributed by atoms with Crippen molar-refractivity contribution < 1.29 is 4.79 Å². The van der Waals surface area contributed by atoms with Gasteiger partial charge >= 0.3 is 5.69 Å². The van der Waals surface area contributed by atoms with Gasteiger partial charge in [0.1, 0.15) is 11.5 Å². The Hall–Kier alpha value is -3.23. The maximum Gasteiger partial charge on any atom is 0.342 e. The van der Waals surface area contributed by atoms with Crippen molar-refractivity contribution in [2.24, 2.45) is 5.92 Å². The van der Waals surface area contributed by atoms with E-state index in [4.69, 9.17) is 4.98 Å². The number of aryl methyl sites for hydroxylation is 1. The number of carbonyl (C=O) groups is 1. The van der Waals surface area contributed by atoms with Crippen LogP contribution in [-0.4, -0.2) is 30.6 Å². The second-order valence-electron chi connectivity index (χ2n) is 7.67. The van der Waals surface area contributed by atoms with Crippen LogP contribution in [0.25, 0.3) is 11.0 Å². The second kappa shape index (κ2) is 8.42. The van der Waals surface area contributed by atoms with Crippen LogP contribution in [0.15, 0.2) is 33.9 Å². The van der Waals surface area contributed by atoms with E-state index in [0.29, 0.717) is 0 Å². The zero-order chi connectivity index (χ0) is 21.1. The summed E-state index contributed by atoms with van der Waals surface area (Å²) in [5.41, 5.74) is 0.788. The highest BCUT2D eigenvalue weighted by molar-refractivity contribution is 5.78. The van der Waals surface area contributed by atoms with Gasteiger partial charge in [0, 0.05) is 18.9 Å². The Morgan fingerprint density at radius 1 is 1.17 bits per heavy atom. The molecule has 0 saturated carbocycles. The Balaban J connectivity index is 1.83. The fraction of sp³-hybridized carbons (Fsp3) is 0.450. The van der Waals surface area contributed by atoms with Gasteiger partial charge < -0.3 is 9.88 Å². The largest absolute Gasteiger partial charge is 0.346 e. The Labute approximate surface area is 167 Å². The van der Waals surface area contributed by atoms with E-state index < -0.39 is 11.2 Å². The number of aromatic nitrogens is 5. The van der Waals surface area contributed by atoms with Gasteiger partial charge in [-0.2, -0.15) is 5.10 Å². The molecule has 0 aliphatic heterocycles. The molecule has 9 heteroatoms. The third kappa shape index (κ3) is 4.44. The fourth-order valence-electron chi connectivity index (χ4n) is 3.37. The monoisotopic (exact) mass is 398 g/mol. The molecule has 0 aliphatic rings. The van der Waals surface area contributed by atoms with E-state index in [1.165, 1.54) is 0 Å². The lowest BCUT2D eigenvalue weighted by Gasteiger charge is -2.24. The molecule has 3 N–H and O–H groups in total. The molecule has 29 heavy (non-hydrogen) atoms. The van der Waals surface area contributed by atoms with Crippen LogP contribution in [-0.2, 0) is 11.2 Å². The number of carbonyl (C=O) groups excluding carboxylic acids is 1. The highest BCUT2D eigenvalue weighted by Gasteiger charge is 2.26. The summed E-state index contributed by atoms with van der Waals surface area (Å²) in [4.78, 5) is 42.3. The molecule has 2 heterocycles. The maximum absolute atomic E-state index is 12.6. The van der Waals surface area contributed by atoms with E-state index in [9.17, 15) is 14.4 Å². The standard InChI is InChI=1S/C20H26N6O3/c1-11(2)17(18-21-13-7-5-6-8-15(13)26(18)12(3)4)22-16(27)10-9-14-19(28)23-20(29)25-24-14/h5-8,11-12,17H,9-10H2,1-4H3,(H,22,27)(H2,23,25,28,29)/t17-/m0/s1. The molecule has 0 saturated heterocycles. The third-order valence-corrected chi connectivity index (χ3v) is 4.77. The smallest absolute Gasteiger partial charge is 0.342 e. The van der Waals surface area contributed by atoms with Crippen molar-refractivity contribution in [3.8, 4) is 0 Å². The number of nitrogens with one attached hydrogen (secondary N) is 3. The molecule has 9 nitrogen and oxygen atoms in total. The van der Waals surface area contributed by atoms with Gasteiger partial charge in [0.05, 0.1) is 17.1 Å². The Kier molecular flexibility index (Phi) is 5.95. The molecule has 0 bridgehead atoms. The zero-order valence-corrected chi connectivity index (χ0v) is 17.0. The number of rotatable bonds is 7. The van der Waals surface area contributed by atoms with Crippen LogP contribution in [0, 0.1) is 5.92 Å². The van der Waals surface area contributed by atoms with Crippen molar-refractivity contribution in [3.05, 3.63) is 56.6 Å². The number of amides is 1. The SMILES string of the molecule is CC(C)[C@H](NC(=O)CCc1n[nH]c(=O)[nH]c1=O)c1nc2ccccc2n1C(C)C. The molecule has 0 aliphatic carbocycles. The number of nitrogens with zero attached hydrogens (tertiary/aromatic N) is 3. The van der Waals surface area contributed by atoms with Crippen LogP contribution < -0.4 is 16.6 Å². The molecule has 1 aromatic carbocycles. The number of hydrogen-bond donors (Lipinski definition) is 3. The summed E-state index contributed by atoms with van der Waals surface area (Å²) < 4.78 is 2.15. The number of H-pyrrole nitrogens is 2. The number of fused-ring (bicyclic) bond motifs is 1. The molecule has 154 valence electrons. The van der Waals surface area contributed by atoms with Gasteiger partial charge in [-0.05, 0) is 31.9 Å². The second-order valence-corrected chi connectivity index (χ2v) is 7.67. The molecular weight excluding hydrogens is 372 g/mol. The van der Waals surface area contributed by atoms with Crippen molar-refractivity contribution in [3.63, 3.8) is 0 Å². The van der Waals surface area contributed by atoms with Gasteiger partial charge in [0.2, 0.25) is 5.91 Å². The first-order chi connectivity index (χ1) is 13.8. The van der Waals surface area contributed by atoms with Crippen LogP contribution in [0.3, 0.4) is 0 Å². The average Bonchev–Trinajstić information content (AvgIpc) is 3.04. The molecule has 3 aromatic rings. The lowest BCUT2D eigenvalue weighted by molar-refractivity contribution is -0.122. The van der Waals surface area contributed by atoms with E-state index >= 15 is 0 Å². The molecular formula is C20H26N6O3. The first kappa shape index (κ1) is 20.5. The molecule has 1 atom stereocenters. The summed E-state index contributed by atoms with van der Waals surface area (Å²) in [5.74, 6) is 0.714. The maximum atomic E-state index is 12.6. The van der Waals surface area contributed by atoms with Gasteiger partial charge in [0.15, 0.2) is 0 Å². The molecule has 0 unspecified atom stereocenters. The molecule has 0 fully saturated rings. The summed E-state index contributed by atoms with van der Waals surface area (Å²) in [6, 6.07) is 7.81. The van der Waals surface area contributed by atoms with E-state index in [2.05, 4.69) is 38.9 Å². The highest BCUT2D eigenvalue weighted by Crippen LogP contribution is 2.28. The van der Waals surface area contributed by atoms with Crippen LogP contribution in [0.5, 0.6) is 0 Å². The normalized spacial score (nSPS) is 12.6. The van der Waals surface area contributed by atoms with Crippen molar-refractivity contribution in [2.45, 2.75) is 52.6 Å². The third-order valence-electron chi connectivity index (χ3n) is 4.77. The molecule has 2 aromatic heterocycles. The van der Waals surface area contributed by atoms with E-state index in [1.54, 1.807) is 0 Å². The Morgan fingerprint density at radius 3 is 2.55 bits per heavy atom. The lowest BCUT2D eigenvalue weighted by atomic mass is 10.0. The summed E-state index contributed by atoms with van der Waals surface area (Å²) in [6.45, 7) is 8.24. The summed E-state index contributed by atoms with van der Waals surface area (Å²) >= 11 is 0. The van der Waals surface area contributed by atoms with E-state index in [-0.39, 0.29) is 42.4 Å². The summed E-state index contributed by atoms with van der Waals surface area (Å²) in [6.07, 6.45) is 0.205. The van der Waals surface area contributed by atoms with Gasteiger partial charge in [-0.1, -0.05) is 26.0 Å². The fourth-order valence-corrected chi connectivity index (χ4v) is 3.37. The minimum absolute atomic E-state index is 0.0766. The number of para-hydroxylation sites is 2.